The Morgan fingerprint density at radius 1 is 1.38 bits per heavy atom. The summed E-state index contributed by atoms with van der Waals surface area (Å²) in [5.41, 5.74) is 0.276. The van der Waals surface area contributed by atoms with Crippen LogP contribution in [0.2, 0.25) is 0 Å². The van der Waals surface area contributed by atoms with Crippen molar-refractivity contribution in [2.75, 3.05) is 32.8 Å². The minimum Gasteiger partial charge on any atom is -0.492 e. The van der Waals surface area contributed by atoms with Gasteiger partial charge in [-0.2, -0.15) is 0 Å². The second-order valence-corrected chi connectivity index (χ2v) is 5.20. The maximum atomic E-state index is 10.8. The molecule has 5 nitrogen and oxygen atoms in total. The molecule has 0 aliphatic carbocycles. The Kier molecular flexibility index (Phi) is 6.02. The number of likely N-dealkylation sites (tertiary alicyclic amines) is 1. The van der Waals surface area contributed by atoms with Crippen molar-refractivity contribution in [1.82, 2.24) is 4.90 Å². The SMILES string of the molecule is CCOC1CCCN(CCOc2ccc(C(=O)O)cc2)C1. The highest BCUT2D eigenvalue weighted by Crippen LogP contribution is 2.14. The Morgan fingerprint density at radius 3 is 2.81 bits per heavy atom. The summed E-state index contributed by atoms with van der Waals surface area (Å²) in [6, 6.07) is 6.51. The normalized spacial score (nSPS) is 19.4. The lowest BCUT2D eigenvalue weighted by molar-refractivity contribution is 0.00304. The topological polar surface area (TPSA) is 59.0 Å². The second kappa shape index (κ2) is 8.00. The molecular weight excluding hydrogens is 270 g/mol. The first-order valence-corrected chi connectivity index (χ1v) is 7.49. The molecule has 0 saturated carbocycles. The first kappa shape index (κ1) is 15.8. The van der Waals surface area contributed by atoms with Gasteiger partial charge < -0.3 is 14.6 Å². The second-order valence-electron chi connectivity index (χ2n) is 5.20. The minimum absolute atomic E-state index is 0.276. The van der Waals surface area contributed by atoms with E-state index >= 15 is 0 Å². The molecule has 1 aromatic rings. The molecular formula is C16H23NO4. The van der Waals surface area contributed by atoms with Gasteiger partial charge >= 0.3 is 5.97 Å². The van der Waals surface area contributed by atoms with Gasteiger partial charge in [-0.05, 0) is 50.6 Å². The number of carboxylic acids is 1. The molecule has 5 heteroatoms. The van der Waals surface area contributed by atoms with E-state index in [2.05, 4.69) is 4.90 Å². The fourth-order valence-corrected chi connectivity index (χ4v) is 2.57. The maximum Gasteiger partial charge on any atom is 0.335 e. The molecule has 1 aliphatic heterocycles. The molecule has 0 amide bonds. The number of hydrogen-bond donors (Lipinski definition) is 1. The van der Waals surface area contributed by atoms with Gasteiger partial charge in [0.1, 0.15) is 12.4 Å². The van der Waals surface area contributed by atoms with Gasteiger partial charge in [0, 0.05) is 19.7 Å². The Bertz CT molecular complexity index is 444. The van der Waals surface area contributed by atoms with Crippen molar-refractivity contribution >= 4 is 5.97 Å². The molecule has 0 aromatic heterocycles. The van der Waals surface area contributed by atoms with Crippen LogP contribution in [0.3, 0.4) is 0 Å². The predicted octanol–water partition coefficient (Wildman–Crippen LogP) is 2.26. The average molecular weight is 293 g/mol. The monoisotopic (exact) mass is 293 g/mol. The van der Waals surface area contributed by atoms with Crippen molar-refractivity contribution in [3.8, 4) is 5.75 Å². The lowest BCUT2D eigenvalue weighted by Crippen LogP contribution is -2.41. The average Bonchev–Trinajstić information content (AvgIpc) is 2.48. The van der Waals surface area contributed by atoms with E-state index in [0.717, 1.165) is 39.1 Å². The number of rotatable bonds is 7. The lowest BCUT2D eigenvalue weighted by Gasteiger charge is -2.32. The highest BCUT2D eigenvalue weighted by Gasteiger charge is 2.19. The van der Waals surface area contributed by atoms with Crippen LogP contribution in [0.1, 0.15) is 30.1 Å². The Balaban J connectivity index is 1.72. The van der Waals surface area contributed by atoms with E-state index in [1.807, 2.05) is 6.92 Å². The van der Waals surface area contributed by atoms with E-state index in [1.54, 1.807) is 24.3 Å². The molecule has 1 atom stereocenters. The molecule has 1 unspecified atom stereocenters. The summed E-state index contributed by atoms with van der Waals surface area (Å²) >= 11 is 0. The first-order valence-electron chi connectivity index (χ1n) is 7.49. The van der Waals surface area contributed by atoms with Crippen molar-refractivity contribution in [2.24, 2.45) is 0 Å². The third kappa shape index (κ3) is 5.02. The summed E-state index contributed by atoms with van der Waals surface area (Å²) in [6.45, 7) is 6.32. The molecule has 21 heavy (non-hydrogen) atoms. The van der Waals surface area contributed by atoms with Crippen molar-refractivity contribution in [1.29, 1.82) is 0 Å². The van der Waals surface area contributed by atoms with Crippen molar-refractivity contribution in [3.05, 3.63) is 29.8 Å². The third-order valence-electron chi connectivity index (χ3n) is 3.64. The largest absolute Gasteiger partial charge is 0.492 e. The number of ether oxygens (including phenoxy) is 2. The summed E-state index contributed by atoms with van der Waals surface area (Å²) in [5.74, 6) is -0.213. The van der Waals surface area contributed by atoms with Gasteiger partial charge in [-0.25, -0.2) is 4.79 Å². The van der Waals surface area contributed by atoms with Crippen LogP contribution in [0.25, 0.3) is 0 Å². The summed E-state index contributed by atoms with van der Waals surface area (Å²) in [4.78, 5) is 13.1. The lowest BCUT2D eigenvalue weighted by atomic mass is 10.1. The smallest absolute Gasteiger partial charge is 0.335 e. The van der Waals surface area contributed by atoms with E-state index in [4.69, 9.17) is 14.6 Å². The van der Waals surface area contributed by atoms with Crippen LogP contribution in [0.4, 0.5) is 0 Å². The minimum atomic E-state index is -0.920. The quantitative estimate of drug-likeness (QED) is 0.835. The standard InChI is InChI=1S/C16H23NO4/c1-2-20-15-4-3-9-17(12-15)10-11-21-14-7-5-13(6-8-14)16(18)19/h5-8,15H,2-4,9-12H2,1H3,(H,18,19). The number of hydrogen-bond acceptors (Lipinski definition) is 4. The number of carboxylic acid groups (broad SMARTS) is 1. The molecule has 1 N–H and O–H groups in total. The highest BCUT2D eigenvalue weighted by molar-refractivity contribution is 5.87. The maximum absolute atomic E-state index is 10.8. The molecule has 1 fully saturated rings. The van der Waals surface area contributed by atoms with Gasteiger partial charge in [0.25, 0.3) is 0 Å². The van der Waals surface area contributed by atoms with Gasteiger partial charge in [-0.3, -0.25) is 4.90 Å². The molecule has 0 radical (unpaired) electrons. The van der Waals surface area contributed by atoms with Gasteiger partial charge in [0.2, 0.25) is 0 Å². The number of piperidine rings is 1. The zero-order valence-corrected chi connectivity index (χ0v) is 12.5. The van der Waals surface area contributed by atoms with E-state index in [1.165, 1.54) is 0 Å². The summed E-state index contributed by atoms with van der Waals surface area (Å²) < 4.78 is 11.3. The van der Waals surface area contributed by atoms with Crippen LogP contribution < -0.4 is 4.74 Å². The van der Waals surface area contributed by atoms with Crippen LogP contribution in [0.15, 0.2) is 24.3 Å². The van der Waals surface area contributed by atoms with Crippen molar-refractivity contribution < 1.29 is 19.4 Å². The van der Waals surface area contributed by atoms with Crippen LogP contribution in [-0.2, 0) is 4.74 Å². The Labute approximate surface area is 125 Å². The van der Waals surface area contributed by atoms with Crippen LogP contribution >= 0.6 is 0 Å². The van der Waals surface area contributed by atoms with Crippen LogP contribution in [0.5, 0.6) is 5.75 Å². The first-order chi connectivity index (χ1) is 10.2. The van der Waals surface area contributed by atoms with Crippen LogP contribution in [0, 0.1) is 0 Å². The molecule has 1 saturated heterocycles. The molecule has 0 spiro atoms. The Morgan fingerprint density at radius 2 is 2.14 bits per heavy atom. The Hall–Kier alpha value is -1.59. The number of aromatic carboxylic acids is 1. The molecule has 0 bridgehead atoms. The molecule has 116 valence electrons. The van der Waals surface area contributed by atoms with Gasteiger partial charge in [0.15, 0.2) is 0 Å². The highest BCUT2D eigenvalue weighted by atomic mass is 16.5. The summed E-state index contributed by atoms with van der Waals surface area (Å²) in [6.07, 6.45) is 2.65. The number of benzene rings is 1. The fraction of sp³-hybridized carbons (Fsp3) is 0.562. The van der Waals surface area contributed by atoms with E-state index < -0.39 is 5.97 Å². The van der Waals surface area contributed by atoms with E-state index in [0.29, 0.717) is 18.5 Å². The van der Waals surface area contributed by atoms with Crippen LogP contribution in [-0.4, -0.2) is 54.9 Å². The zero-order valence-electron chi connectivity index (χ0n) is 12.5. The van der Waals surface area contributed by atoms with Gasteiger partial charge in [-0.1, -0.05) is 0 Å². The van der Waals surface area contributed by atoms with E-state index in [9.17, 15) is 4.79 Å². The molecule has 1 heterocycles. The molecule has 1 aromatic carbocycles. The fourth-order valence-electron chi connectivity index (χ4n) is 2.57. The third-order valence-corrected chi connectivity index (χ3v) is 3.64. The zero-order chi connectivity index (χ0) is 15.1. The van der Waals surface area contributed by atoms with Gasteiger partial charge in [-0.15, -0.1) is 0 Å². The van der Waals surface area contributed by atoms with Gasteiger partial charge in [0.05, 0.1) is 11.7 Å². The predicted molar refractivity (Wildman–Crippen MR) is 80.0 cm³/mol. The van der Waals surface area contributed by atoms with E-state index in [-0.39, 0.29) is 5.56 Å². The summed E-state index contributed by atoms with van der Waals surface area (Å²) in [5, 5.41) is 8.83. The van der Waals surface area contributed by atoms with Crippen molar-refractivity contribution in [2.45, 2.75) is 25.9 Å². The molecule has 2 rings (SSSR count). The summed E-state index contributed by atoms with van der Waals surface area (Å²) in [7, 11) is 0. The number of nitrogens with zero attached hydrogens (tertiary/aromatic N) is 1. The number of carbonyl (C=O) groups is 1. The molecule has 1 aliphatic rings. The van der Waals surface area contributed by atoms with Crippen molar-refractivity contribution in [3.63, 3.8) is 0 Å².